The van der Waals surface area contributed by atoms with E-state index in [1.807, 2.05) is 0 Å². The first kappa shape index (κ1) is 30.3. The molecule has 0 spiro atoms. The monoisotopic (exact) mass is 602 g/mol. The largest absolute Gasteiger partial charge is 0.461 e. The fraction of sp³-hybridized carbons (Fsp3) is 0.481. The van der Waals surface area contributed by atoms with Crippen molar-refractivity contribution in [2.45, 2.75) is 61.3 Å². The van der Waals surface area contributed by atoms with E-state index in [2.05, 4.69) is 5.32 Å². The number of carbonyl (C=O) groups excluding carboxylic acids is 2. The number of ether oxygens (including phenoxy) is 1. The van der Waals surface area contributed by atoms with Crippen LogP contribution in [0.1, 0.15) is 49.9 Å². The van der Waals surface area contributed by atoms with Gasteiger partial charge in [-0.1, -0.05) is 25.4 Å². The van der Waals surface area contributed by atoms with E-state index >= 15 is 0 Å². The molecule has 2 aromatic carbocycles. The molecule has 0 aliphatic heterocycles. The van der Waals surface area contributed by atoms with Gasteiger partial charge in [0.25, 0.3) is 5.91 Å². The van der Waals surface area contributed by atoms with Gasteiger partial charge in [0.15, 0.2) is 27.3 Å². The molecule has 0 radical (unpaired) electrons. The second-order valence-electron chi connectivity index (χ2n) is 11.0. The first-order valence-corrected chi connectivity index (χ1v) is 14.7. The quantitative estimate of drug-likeness (QED) is 0.304. The van der Waals surface area contributed by atoms with Crippen molar-refractivity contribution in [1.82, 2.24) is 0 Å². The SMILES string of the molecule is CC(C)C(N)C(=O)OCC1(O)CC2CC[C@@H](C1)C2S(=O)(=O)c1cc(C(=O)Nc2cc(F)c(F)c(F)c2)ccc1Cl. The predicted octanol–water partition coefficient (Wildman–Crippen LogP) is 4.23. The number of carbonyl (C=O) groups is 2. The number of aliphatic hydroxyl groups is 1. The van der Waals surface area contributed by atoms with Gasteiger partial charge in [-0.25, -0.2) is 21.6 Å². The molecule has 13 heteroatoms. The van der Waals surface area contributed by atoms with Crippen LogP contribution in [0.15, 0.2) is 35.2 Å². The number of fused-ring (bicyclic) bond motifs is 2. The summed E-state index contributed by atoms with van der Waals surface area (Å²) in [6.45, 7) is 3.24. The van der Waals surface area contributed by atoms with E-state index in [0.29, 0.717) is 25.0 Å². The Balaban J connectivity index is 1.53. The first-order valence-electron chi connectivity index (χ1n) is 12.8. The molecule has 5 atom stereocenters. The molecule has 0 aromatic heterocycles. The molecule has 0 saturated heterocycles. The van der Waals surface area contributed by atoms with Crippen LogP contribution < -0.4 is 11.1 Å². The normalized spacial score (nSPS) is 25.1. The Labute approximate surface area is 234 Å². The van der Waals surface area contributed by atoms with Crippen molar-refractivity contribution in [3.63, 3.8) is 0 Å². The van der Waals surface area contributed by atoms with Crippen molar-refractivity contribution < 1.29 is 41.0 Å². The topological polar surface area (TPSA) is 136 Å². The summed E-state index contributed by atoms with van der Waals surface area (Å²) in [5.74, 6) is -7.28. The molecule has 40 heavy (non-hydrogen) atoms. The summed E-state index contributed by atoms with van der Waals surface area (Å²) in [5, 5.41) is 12.4. The van der Waals surface area contributed by atoms with E-state index in [1.54, 1.807) is 13.8 Å². The standard InChI is InChI=1S/C27H30ClF3N2O6S/c1-13(2)23(32)26(35)39-12-27(36)10-15-3-4-16(11-27)24(15)40(37,38)21-7-14(5-6-18(21)28)25(34)33-17-8-19(29)22(31)20(30)9-17/h5-9,13,15-16,23-24,36H,3-4,10-12,32H2,1-2H3,(H,33,34)/t15-,16?,23?,24?,27?/m0/s1. The maximum atomic E-state index is 13.8. The molecule has 2 saturated carbocycles. The van der Waals surface area contributed by atoms with Crippen LogP contribution in [0.5, 0.6) is 0 Å². The summed E-state index contributed by atoms with van der Waals surface area (Å²) in [7, 11) is -4.10. The second kappa shape index (κ2) is 11.3. The molecule has 4 unspecified atom stereocenters. The summed E-state index contributed by atoms with van der Waals surface area (Å²) < 4.78 is 73.3. The molecule has 218 valence electrons. The minimum atomic E-state index is -4.10. The van der Waals surface area contributed by atoms with Crippen LogP contribution in [0.4, 0.5) is 18.9 Å². The Morgan fingerprint density at radius 1 is 1.12 bits per heavy atom. The lowest BCUT2D eigenvalue weighted by Crippen LogP contribution is -2.49. The van der Waals surface area contributed by atoms with E-state index in [4.69, 9.17) is 22.1 Å². The first-order chi connectivity index (χ1) is 18.6. The number of anilines is 1. The van der Waals surface area contributed by atoms with Crippen LogP contribution in [0.3, 0.4) is 0 Å². The highest BCUT2D eigenvalue weighted by molar-refractivity contribution is 7.92. The van der Waals surface area contributed by atoms with Gasteiger partial charge < -0.3 is 20.9 Å². The minimum absolute atomic E-state index is 0.0804. The zero-order valence-corrected chi connectivity index (χ0v) is 23.4. The number of hydrogen-bond donors (Lipinski definition) is 3. The zero-order chi connectivity index (χ0) is 29.6. The van der Waals surface area contributed by atoms with Crippen molar-refractivity contribution in [2.24, 2.45) is 23.5 Å². The third-order valence-electron chi connectivity index (χ3n) is 7.70. The molecule has 4 rings (SSSR count). The third kappa shape index (κ3) is 6.00. The molecule has 2 aliphatic rings. The Morgan fingerprint density at radius 2 is 1.70 bits per heavy atom. The number of rotatable bonds is 8. The molecule has 8 nitrogen and oxygen atoms in total. The molecular formula is C27H30ClF3N2O6S. The maximum absolute atomic E-state index is 13.8. The Hall–Kier alpha value is -2.67. The smallest absolute Gasteiger partial charge is 0.323 e. The molecule has 0 heterocycles. The molecular weight excluding hydrogens is 573 g/mol. The van der Waals surface area contributed by atoms with E-state index in [1.165, 1.54) is 12.1 Å². The van der Waals surface area contributed by atoms with Crippen LogP contribution in [0.25, 0.3) is 0 Å². The minimum Gasteiger partial charge on any atom is -0.461 e. The summed E-state index contributed by atoms with van der Waals surface area (Å²) in [6.07, 6.45) is 1.21. The molecule has 2 fully saturated rings. The molecule has 1 amide bonds. The molecule has 2 bridgehead atoms. The maximum Gasteiger partial charge on any atom is 0.323 e. The van der Waals surface area contributed by atoms with Gasteiger partial charge >= 0.3 is 5.97 Å². The highest BCUT2D eigenvalue weighted by atomic mass is 35.5. The van der Waals surface area contributed by atoms with Gasteiger partial charge in [-0.15, -0.1) is 0 Å². The average molecular weight is 603 g/mol. The lowest BCUT2D eigenvalue weighted by atomic mass is 9.77. The zero-order valence-electron chi connectivity index (χ0n) is 21.8. The summed E-state index contributed by atoms with van der Waals surface area (Å²) in [5.41, 5.74) is 3.89. The Kier molecular flexibility index (Phi) is 8.56. The van der Waals surface area contributed by atoms with Gasteiger partial charge in [-0.05, 0) is 61.6 Å². The van der Waals surface area contributed by atoms with Gasteiger partial charge in [0, 0.05) is 23.4 Å². The fourth-order valence-corrected chi connectivity index (χ4v) is 8.52. The van der Waals surface area contributed by atoms with E-state index in [-0.39, 0.29) is 46.5 Å². The Bertz CT molecular complexity index is 1400. The van der Waals surface area contributed by atoms with Gasteiger partial charge in [0.05, 0.1) is 20.8 Å². The van der Waals surface area contributed by atoms with Crippen LogP contribution in [-0.2, 0) is 19.4 Å². The average Bonchev–Trinajstić information content (AvgIpc) is 3.18. The van der Waals surface area contributed by atoms with Crippen LogP contribution in [-0.4, -0.2) is 48.9 Å². The lowest BCUT2D eigenvalue weighted by molar-refractivity contribution is -0.157. The van der Waals surface area contributed by atoms with Gasteiger partial charge in [0.1, 0.15) is 12.6 Å². The van der Waals surface area contributed by atoms with Crippen molar-refractivity contribution >= 4 is 39.0 Å². The van der Waals surface area contributed by atoms with Gasteiger partial charge in [-0.2, -0.15) is 0 Å². The summed E-state index contributed by atoms with van der Waals surface area (Å²) in [6, 6.07) is 3.91. The summed E-state index contributed by atoms with van der Waals surface area (Å²) in [4.78, 5) is 24.7. The van der Waals surface area contributed by atoms with Crippen molar-refractivity contribution in [2.75, 3.05) is 11.9 Å². The molecule has 4 N–H and O–H groups in total. The number of halogens is 4. The Morgan fingerprint density at radius 3 is 2.25 bits per heavy atom. The summed E-state index contributed by atoms with van der Waals surface area (Å²) >= 11 is 6.26. The van der Waals surface area contributed by atoms with Crippen molar-refractivity contribution in [3.05, 3.63) is 58.4 Å². The molecule has 2 aromatic rings. The van der Waals surface area contributed by atoms with Crippen LogP contribution in [0.2, 0.25) is 5.02 Å². The lowest BCUT2D eigenvalue weighted by Gasteiger charge is -2.40. The number of hydrogen-bond acceptors (Lipinski definition) is 7. The highest BCUT2D eigenvalue weighted by Gasteiger charge is 2.54. The number of sulfone groups is 1. The number of nitrogens with one attached hydrogen (secondary N) is 1. The second-order valence-corrected chi connectivity index (χ2v) is 13.5. The van der Waals surface area contributed by atoms with Crippen molar-refractivity contribution in [3.8, 4) is 0 Å². The van der Waals surface area contributed by atoms with Gasteiger partial charge in [0.2, 0.25) is 0 Å². The van der Waals surface area contributed by atoms with E-state index in [0.717, 1.165) is 6.07 Å². The molecule has 2 aliphatic carbocycles. The van der Waals surface area contributed by atoms with E-state index < -0.39 is 67.9 Å². The fourth-order valence-electron chi connectivity index (χ4n) is 5.68. The highest BCUT2D eigenvalue weighted by Crippen LogP contribution is 2.51. The van der Waals surface area contributed by atoms with Crippen molar-refractivity contribution in [1.29, 1.82) is 0 Å². The van der Waals surface area contributed by atoms with E-state index in [9.17, 15) is 36.3 Å². The van der Waals surface area contributed by atoms with Crippen LogP contribution >= 0.6 is 11.6 Å². The third-order valence-corrected chi connectivity index (χ3v) is 10.6. The number of benzene rings is 2. The number of amides is 1. The van der Waals surface area contributed by atoms with Crippen LogP contribution in [0, 0.1) is 35.2 Å². The van der Waals surface area contributed by atoms with Gasteiger partial charge in [-0.3, -0.25) is 9.59 Å². The number of esters is 1. The predicted molar refractivity (Wildman–Crippen MR) is 141 cm³/mol. The number of nitrogens with two attached hydrogens (primary N) is 1.